The molecule has 0 aliphatic rings. The van der Waals surface area contributed by atoms with E-state index in [9.17, 15) is 14.5 Å². The number of hydrogen-bond donors (Lipinski definition) is 0. The van der Waals surface area contributed by atoms with Crippen molar-refractivity contribution < 1.29 is 9.31 Å². The maximum absolute atomic E-state index is 13.2. The molecule has 0 aliphatic carbocycles. The molecule has 0 fully saturated rings. The van der Waals surface area contributed by atoms with Crippen molar-refractivity contribution in [1.82, 2.24) is 4.90 Å². The van der Waals surface area contributed by atoms with Gasteiger partial charge in [0, 0.05) is 37.2 Å². The van der Waals surface area contributed by atoms with Gasteiger partial charge in [0.1, 0.15) is 5.82 Å². The molecule has 0 bridgehead atoms. The number of benzene rings is 1. The normalized spacial score (nSPS) is 10.7. The summed E-state index contributed by atoms with van der Waals surface area (Å²) in [4.78, 5) is 12.3. The fourth-order valence-electron chi connectivity index (χ4n) is 1.79. The van der Waals surface area contributed by atoms with Crippen molar-refractivity contribution in [3.63, 3.8) is 0 Å². The molecule has 102 valence electrons. The minimum absolute atomic E-state index is 0.0935. The van der Waals surface area contributed by atoms with Gasteiger partial charge in [-0.3, -0.25) is 15.0 Å². The van der Waals surface area contributed by atoms with Gasteiger partial charge in [-0.15, -0.1) is 0 Å². The van der Waals surface area contributed by atoms with Crippen LogP contribution in [-0.4, -0.2) is 22.4 Å². The van der Waals surface area contributed by atoms with Crippen molar-refractivity contribution in [3.05, 3.63) is 39.7 Å². The molecule has 0 N–H and O–H groups in total. The first-order chi connectivity index (χ1) is 8.95. The summed E-state index contributed by atoms with van der Waals surface area (Å²) in [5.74, 6) is -0.496. The van der Waals surface area contributed by atoms with Crippen LogP contribution < -0.4 is 0 Å². The predicted octanol–water partition coefficient (Wildman–Crippen LogP) is 2.86. The van der Waals surface area contributed by atoms with Crippen molar-refractivity contribution in [2.75, 3.05) is 6.54 Å². The van der Waals surface area contributed by atoms with Crippen LogP contribution >= 0.6 is 0 Å². The Hall–Kier alpha value is -2.00. The third-order valence-corrected chi connectivity index (χ3v) is 2.85. The van der Waals surface area contributed by atoms with Crippen molar-refractivity contribution in [3.8, 4) is 6.07 Å². The monoisotopic (exact) mass is 265 g/mol. The Labute approximate surface area is 111 Å². The van der Waals surface area contributed by atoms with E-state index < -0.39 is 10.7 Å². The van der Waals surface area contributed by atoms with Crippen LogP contribution in [0.5, 0.6) is 0 Å². The van der Waals surface area contributed by atoms with Crippen LogP contribution in [0.1, 0.15) is 25.8 Å². The van der Waals surface area contributed by atoms with E-state index in [0.29, 0.717) is 18.5 Å². The summed E-state index contributed by atoms with van der Waals surface area (Å²) in [7, 11) is 0. The van der Waals surface area contributed by atoms with Crippen LogP contribution in [0.2, 0.25) is 0 Å². The van der Waals surface area contributed by atoms with Gasteiger partial charge in [-0.1, -0.05) is 0 Å². The van der Waals surface area contributed by atoms with Crippen LogP contribution in [0.25, 0.3) is 0 Å². The number of halogens is 1. The van der Waals surface area contributed by atoms with E-state index in [2.05, 4.69) is 0 Å². The zero-order chi connectivity index (χ0) is 14.4. The predicted molar refractivity (Wildman–Crippen MR) is 68.8 cm³/mol. The van der Waals surface area contributed by atoms with Gasteiger partial charge in [0.05, 0.1) is 11.0 Å². The number of nitro groups is 1. The first kappa shape index (κ1) is 15.1. The van der Waals surface area contributed by atoms with Gasteiger partial charge in [-0.25, -0.2) is 4.39 Å². The van der Waals surface area contributed by atoms with Gasteiger partial charge in [-0.05, 0) is 26.0 Å². The van der Waals surface area contributed by atoms with Crippen molar-refractivity contribution in [2.24, 2.45) is 0 Å². The summed E-state index contributed by atoms with van der Waals surface area (Å²) in [6, 6.07) is 5.59. The number of nitro benzene ring substituents is 1. The topological polar surface area (TPSA) is 70.2 Å². The van der Waals surface area contributed by atoms with E-state index in [4.69, 9.17) is 5.26 Å². The highest BCUT2D eigenvalue weighted by Crippen LogP contribution is 2.22. The van der Waals surface area contributed by atoms with E-state index in [1.54, 1.807) is 0 Å². The van der Waals surface area contributed by atoms with Gasteiger partial charge in [-0.2, -0.15) is 5.26 Å². The average molecular weight is 265 g/mol. The van der Waals surface area contributed by atoms with Crippen molar-refractivity contribution in [1.29, 1.82) is 5.26 Å². The lowest BCUT2D eigenvalue weighted by Crippen LogP contribution is -2.31. The number of rotatable bonds is 6. The molecule has 1 aromatic rings. The molecule has 0 aromatic heterocycles. The fraction of sp³-hybridized carbons (Fsp3) is 0.462. The molecule has 0 atom stereocenters. The molecule has 6 heteroatoms. The maximum atomic E-state index is 13.2. The van der Waals surface area contributed by atoms with Gasteiger partial charge in [0.25, 0.3) is 5.69 Å². The molecule has 0 heterocycles. The maximum Gasteiger partial charge on any atom is 0.274 e. The standard InChI is InChI=1S/C13H16FN3O2/c1-10(2)16(7-3-6-15)9-11-8-12(14)4-5-13(11)17(18)19/h4-5,8,10H,3,7,9H2,1-2H3. The second-order valence-corrected chi connectivity index (χ2v) is 4.50. The third-order valence-electron chi connectivity index (χ3n) is 2.85. The highest BCUT2D eigenvalue weighted by Gasteiger charge is 2.18. The largest absolute Gasteiger partial charge is 0.295 e. The second kappa shape index (κ2) is 6.81. The minimum Gasteiger partial charge on any atom is -0.295 e. The summed E-state index contributed by atoms with van der Waals surface area (Å²) in [5.41, 5.74) is 0.237. The zero-order valence-corrected chi connectivity index (χ0v) is 11.0. The van der Waals surface area contributed by atoms with Gasteiger partial charge < -0.3 is 0 Å². The Morgan fingerprint density at radius 3 is 2.74 bits per heavy atom. The smallest absolute Gasteiger partial charge is 0.274 e. The first-order valence-electron chi connectivity index (χ1n) is 5.99. The van der Waals surface area contributed by atoms with E-state index >= 15 is 0 Å². The van der Waals surface area contributed by atoms with Gasteiger partial charge >= 0.3 is 0 Å². The lowest BCUT2D eigenvalue weighted by molar-refractivity contribution is -0.385. The quantitative estimate of drug-likeness (QED) is 0.585. The molecule has 5 nitrogen and oxygen atoms in total. The van der Waals surface area contributed by atoms with Crippen LogP contribution in [0.15, 0.2) is 18.2 Å². The highest BCUT2D eigenvalue weighted by atomic mass is 19.1. The van der Waals surface area contributed by atoms with Crippen LogP contribution in [0.4, 0.5) is 10.1 Å². The van der Waals surface area contributed by atoms with E-state index in [1.165, 1.54) is 12.1 Å². The zero-order valence-electron chi connectivity index (χ0n) is 11.0. The number of nitriles is 1. The summed E-state index contributed by atoms with van der Waals surface area (Å²) >= 11 is 0. The SMILES string of the molecule is CC(C)N(CCC#N)Cc1cc(F)ccc1[N+](=O)[O-]. The third kappa shape index (κ3) is 4.30. The summed E-state index contributed by atoms with van der Waals surface area (Å²) in [5, 5.41) is 19.5. The highest BCUT2D eigenvalue weighted by molar-refractivity contribution is 5.40. The van der Waals surface area contributed by atoms with Crippen molar-refractivity contribution in [2.45, 2.75) is 32.9 Å². The first-order valence-corrected chi connectivity index (χ1v) is 5.99. The summed E-state index contributed by atoms with van der Waals surface area (Å²) < 4.78 is 13.2. The lowest BCUT2D eigenvalue weighted by atomic mass is 10.1. The van der Waals surface area contributed by atoms with Crippen molar-refractivity contribution >= 4 is 5.69 Å². The molecule has 0 amide bonds. The van der Waals surface area contributed by atoms with Gasteiger partial charge in [0.2, 0.25) is 0 Å². The average Bonchev–Trinajstić information content (AvgIpc) is 2.33. The Morgan fingerprint density at radius 2 is 2.21 bits per heavy atom. The molecule has 19 heavy (non-hydrogen) atoms. The number of hydrogen-bond acceptors (Lipinski definition) is 4. The van der Waals surface area contributed by atoms with E-state index in [-0.39, 0.29) is 18.3 Å². The Balaban J connectivity index is 2.98. The molecule has 0 radical (unpaired) electrons. The molecule has 0 unspecified atom stereocenters. The van der Waals surface area contributed by atoms with Crippen LogP contribution in [0, 0.1) is 27.3 Å². The lowest BCUT2D eigenvalue weighted by Gasteiger charge is -2.25. The molecule has 0 aliphatic heterocycles. The minimum atomic E-state index is -0.516. The van der Waals surface area contributed by atoms with E-state index in [0.717, 1.165) is 6.07 Å². The molecule has 1 aromatic carbocycles. The summed E-state index contributed by atoms with van der Waals surface area (Å²) in [6.45, 7) is 4.63. The Kier molecular flexibility index (Phi) is 5.39. The second-order valence-electron chi connectivity index (χ2n) is 4.50. The molecule has 0 saturated heterocycles. The molecular weight excluding hydrogens is 249 g/mol. The molecule has 0 spiro atoms. The fourth-order valence-corrected chi connectivity index (χ4v) is 1.79. The Morgan fingerprint density at radius 1 is 1.53 bits per heavy atom. The molecule has 1 rings (SSSR count). The van der Waals surface area contributed by atoms with E-state index in [1.807, 2.05) is 24.8 Å². The Bertz CT molecular complexity index is 497. The van der Waals surface area contributed by atoms with Gasteiger partial charge in [0.15, 0.2) is 0 Å². The summed E-state index contributed by atoms with van der Waals surface area (Å²) in [6.07, 6.45) is 0.335. The molecule has 0 saturated carbocycles. The van der Waals surface area contributed by atoms with Crippen LogP contribution in [0.3, 0.4) is 0 Å². The molecular formula is C13H16FN3O2. The number of nitrogens with zero attached hydrogens (tertiary/aromatic N) is 3. The van der Waals surface area contributed by atoms with Crippen LogP contribution in [-0.2, 0) is 6.54 Å².